The molecule has 1 aromatic heterocycles. The van der Waals surface area contributed by atoms with Gasteiger partial charge in [-0.1, -0.05) is 6.07 Å². The second kappa shape index (κ2) is 2.93. The lowest BCUT2D eigenvalue weighted by molar-refractivity contribution is -0.118. The summed E-state index contributed by atoms with van der Waals surface area (Å²) in [4.78, 5) is 14.9. The van der Waals surface area contributed by atoms with Crippen molar-refractivity contribution in [3.05, 3.63) is 36.0 Å². The van der Waals surface area contributed by atoms with Gasteiger partial charge in [-0.3, -0.25) is 9.78 Å². The van der Waals surface area contributed by atoms with E-state index in [0.29, 0.717) is 13.0 Å². The van der Waals surface area contributed by atoms with Crippen molar-refractivity contribution in [2.75, 3.05) is 6.54 Å². The first-order valence-electron chi connectivity index (χ1n) is 3.88. The third-order valence-corrected chi connectivity index (χ3v) is 1.94. The van der Waals surface area contributed by atoms with Crippen molar-refractivity contribution in [2.24, 2.45) is 0 Å². The molecule has 3 heteroatoms. The van der Waals surface area contributed by atoms with Crippen LogP contribution in [-0.2, 0) is 4.79 Å². The normalized spacial score (nSPS) is 17.8. The molecular weight excluding hydrogens is 152 g/mol. The summed E-state index contributed by atoms with van der Waals surface area (Å²) in [5.74, 6) is 1.24. The van der Waals surface area contributed by atoms with Gasteiger partial charge in [0.25, 0.3) is 0 Å². The maximum absolute atomic E-state index is 10.9. The number of carbonyl (C=O) groups excluding carboxylic acids is 1. The summed E-state index contributed by atoms with van der Waals surface area (Å²) in [6.07, 6.45) is 4.04. The van der Waals surface area contributed by atoms with Gasteiger partial charge in [-0.15, -0.1) is 0 Å². The molecule has 1 amide bonds. The Morgan fingerprint density at radius 3 is 3.00 bits per heavy atom. The Kier molecular flexibility index (Phi) is 1.78. The fourth-order valence-electron chi connectivity index (χ4n) is 1.30. The molecule has 1 radical (unpaired) electrons. The van der Waals surface area contributed by atoms with E-state index in [0.717, 1.165) is 11.5 Å². The first-order chi connectivity index (χ1) is 5.86. The van der Waals surface area contributed by atoms with E-state index in [2.05, 4.69) is 10.3 Å². The molecule has 1 aromatic rings. The predicted octanol–water partition coefficient (Wildman–Crippen LogP) is 0.524. The maximum Gasteiger partial charge on any atom is 0.221 e. The summed E-state index contributed by atoms with van der Waals surface area (Å²) in [6.45, 7) is 0.671. The van der Waals surface area contributed by atoms with Crippen LogP contribution in [0.1, 0.15) is 12.0 Å². The summed E-state index contributed by atoms with van der Waals surface area (Å²) in [6, 6.07) is 3.85. The van der Waals surface area contributed by atoms with Crippen LogP contribution in [-0.4, -0.2) is 17.4 Å². The van der Waals surface area contributed by atoms with Crippen LogP contribution < -0.4 is 5.32 Å². The Morgan fingerprint density at radius 2 is 2.42 bits per heavy atom. The minimum absolute atomic E-state index is 0.105. The fraction of sp³-hybridized carbons (Fsp3) is 0.222. The smallest absolute Gasteiger partial charge is 0.221 e. The van der Waals surface area contributed by atoms with Gasteiger partial charge in [-0.05, 0) is 11.6 Å². The van der Waals surface area contributed by atoms with Crippen LogP contribution in [0.5, 0.6) is 0 Å². The molecule has 1 aliphatic rings. The number of carbonyl (C=O) groups is 1. The molecule has 1 fully saturated rings. The van der Waals surface area contributed by atoms with Crippen LogP contribution in [0.2, 0.25) is 0 Å². The number of aromatic nitrogens is 1. The fourth-order valence-corrected chi connectivity index (χ4v) is 1.30. The van der Waals surface area contributed by atoms with Crippen LogP contribution in [0.4, 0.5) is 0 Å². The van der Waals surface area contributed by atoms with Gasteiger partial charge in [-0.25, -0.2) is 0 Å². The van der Waals surface area contributed by atoms with E-state index in [9.17, 15) is 4.79 Å². The Hall–Kier alpha value is -1.38. The van der Waals surface area contributed by atoms with Gasteiger partial charge in [0.2, 0.25) is 5.91 Å². The van der Waals surface area contributed by atoms with Crippen LogP contribution in [0.3, 0.4) is 0 Å². The second-order valence-electron chi connectivity index (χ2n) is 2.80. The molecule has 0 saturated carbocycles. The molecule has 0 aliphatic carbocycles. The summed E-state index contributed by atoms with van der Waals surface area (Å²) in [5.41, 5.74) is 1.07. The summed E-state index contributed by atoms with van der Waals surface area (Å²) in [5, 5.41) is 2.76. The topological polar surface area (TPSA) is 42.0 Å². The Morgan fingerprint density at radius 1 is 1.50 bits per heavy atom. The van der Waals surface area contributed by atoms with Crippen molar-refractivity contribution >= 4 is 5.91 Å². The van der Waals surface area contributed by atoms with E-state index in [-0.39, 0.29) is 5.91 Å². The number of hydrogen-bond acceptors (Lipinski definition) is 2. The van der Waals surface area contributed by atoms with Gasteiger partial charge in [0.05, 0.1) is 0 Å². The molecule has 1 aliphatic heterocycles. The molecule has 0 unspecified atom stereocenters. The highest BCUT2D eigenvalue weighted by atomic mass is 16.1. The van der Waals surface area contributed by atoms with E-state index in [4.69, 9.17) is 0 Å². The zero-order valence-corrected chi connectivity index (χ0v) is 6.58. The van der Waals surface area contributed by atoms with Gasteiger partial charge in [0, 0.05) is 31.3 Å². The molecule has 1 N–H and O–H groups in total. The van der Waals surface area contributed by atoms with Crippen LogP contribution in [0.25, 0.3) is 0 Å². The SMILES string of the molecule is O=C1C[C](c2cccnc2)CN1. The lowest BCUT2D eigenvalue weighted by Gasteiger charge is -2.03. The van der Waals surface area contributed by atoms with Gasteiger partial charge in [0.1, 0.15) is 0 Å². The summed E-state index contributed by atoms with van der Waals surface area (Å²) >= 11 is 0. The third kappa shape index (κ3) is 1.30. The van der Waals surface area contributed by atoms with Crippen LogP contribution >= 0.6 is 0 Å². The predicted molar refractivity (Wildman–Crippen MR) is 44.2 cm³/mol. The average molecular weight is 161 g/mol. The van der Waals surface area contributed by atoms with Crippen molar-refractivity contribution in [1.29, 1.82) is 0 Å². The molecule has 3 nitrogen and oxygen atoms in total. The molecule has 12 heavy (non-hydrogen) atoms. The number of rotatable bonds is 1. The molecular formula is C9H9N2O. The van der Waals surface area contributed by atoms with E-state index in [1.54, 1.807) is 12.4 Å². The molecule has 61 valence electrons. The first-order valence-corrected chi connectivity index (χ1v) is 3.88. The van der Waals surface area contributed by atoms with Crippen molar-refractivity contribution in [3.8, 4) is 0 Å². The van der Waals surface area contributed by atoms with Crippen molar-refractivity contribution in [3.63, 3.8) is 0 Å². The number of nitrogens with one attached hydrogen (secondary N) is 1. The monoisotopic (exact) mass is 161 g/mol. The van der Waals surface area contributed by atoms with E-state index in [1.165, 1.54) is 0 Å². The quantitative estimate of drug-likeness (QED) is 0.652. The minimum Gasteiger partial charge on any atom is -0.355 e. The summed E-state index contributed by atoms with van der Waals surface area (Å²) < 4.78 is 0. The van der Waals surface area contributed by atoms with Gasteiger partial charge < -0.3 is 5.32 Å². The zero-order valence-electron chi connectivity index (χ0n) is 6.58. The van der Waals surface area contributed by atoms with E-state index in [1.807, 2.05) is 12.1 Å². The van der Waals surface area contributed by atoms with E-state index < -0.39 is 0 Å². The molecule has 0 spiro atoms. The molecule has 0 aromatic carbocycles. The lowest BCUT2D eigenvalue weighted by Crippen LogP contribution is -2.13. The second-order valence-corrected chi connectivity index (χ2v) is 2.80. The van der Waals surface area contributed by atoms with Gasteiger partial charge >= 0.3 is 0 Å². The van der Waals surface area contributed by atoms with Crippen LogP contribution in [0, 0.1) is 5.92 Å². The van der Waals surface area contributed by atoms with E-state index >= 15 is 0 Å². The Balaban J connectivity index is 2.16. The number of amides is 1. The average Bonchev–Trinajstić information content (AvgIpc) is 2.54. The van der Waals surface area contributed by atoms with Gasteiger partial charge in [-0.2, -0.15) is 0 Å². The standard InChI is InChI=1S/C9H9N2O/c12-9-4-8(6-11-9)7-2-1-3-10-5-7/h1-3,5H,4,6H2,(H,11,12). The minimum atomic E-state index is 0.105. The highest BCUT2D eigenvalue weighted by molar-refractivity contribution is 5.82. The first kappa shape index (κ1) is 7.28. The third-order valence-electron chi connectivity index (χ3n) is 1.94. The largest absolute Gasteiger partial charge is 0.355 e. The molecule has 0 bridgehead atoms. The molecule has 0 atom stereocenters. The lowest BCUT2D eigenvalue weighted by atomic mass is 10.0. The highest BCUT2D eigenvalue weighted by Gasteiger charge is 2.23. The number of nitrogens with zero attached hydrogens (tertiary/aromatic N) is 1. The molecule has 1 saturated heterocycles. The molecule has 2 rings (SSSR count). The van der Waals surface area contributed by atoms with Crippen molar-refractivity contribution < 1.29 is 4.79 Å². The zero-order chi connectivity index (χ0) is 8.39. The Labute approximate surface area is 70.8 Å². The highest BCUT2D eigenvalue weighted by Crippen LogP contribution is 2.20. The van der Waals surface area contributed by atoms with Crippen LogP contribution in [0.15, 0.2) is 24.5 Å². The number of hydrogen-bond donors (Lipinski definition) is 1. The molecule has 2 heterocycles. The van der Waals surface area contributed by atoms with Gasteiger partial charge in [0.15, 0.2) is 0 Å². The van der Waals surface area contributed by atoms with Crippen molar-refractivity contribution in [2.45, 2.75) is 6.42 Å². The maximum atomic E-state index is 10.9. The number of pyridine rings is 1. The Bertz CT molecular complexity index is 284. The summed E-state index contributed by atoms with van der Waals surface area (Å²) in [7, 11) is 0. The van der Waals surface area contributed by atoms with Crippen molar-refractivity contribution in [1.82, 2.24) is 10.3 Å².